The van der Waals surface area contributed by atoms with Crippen molar-refractivity contribution in [3.8, 4) is 0 Å². The molecule has 0 aliphatic heterocycles. The number of hydrogen-bond acceptors (Lipinski definition) is 2. The van der Waals surface area contributed by atoms with E-state index in [-0.39, 0.29) is 10.8 Å². The third kappa shape index (κ3) is 2.65. The Morgan fingerprint density at radius 1 is 1.40 bits per heavy atom. The van der Waals surface area contributed by atoms with E-state index in [1.54, 1.807) is 6.07 Å². The Balaban J connectivity index is 3.21. The summed E-state index contributed by atoms with van der Waals surface area (Å²) >= 11 is 4.91. The first-order chi connectivity index (χ1) is 7.10. The van der Waals surface area contributed by atoms with Crippen LogP contribution < -0.4 is 10.6 Å². The van der Waals surface area contributed by atoms with E-state index in [1.165, 1.54) is 12.1 Å². The van der Waals surface area contributed by atoms with Gasteiger partial charge < -0.3 is 10.6 Å². The number of hydrogen-bond donors (Lipinski definition) is 1. The number of halogens is 1. The minimum Gasteiger partial charge on any atom is -0.389 e. The van der Waals surface area contributed by atoms with Crippen molar-refractivity contribution in [3.63, 3.8) is 0 Å². The molecule has 0 atom stereocenters. The van der Waals surface area contributed by atoms with Crippen molar-refractivity contribution in [3.05, 3.63) is 29.6 Å². The van der Waals surface area contributed by atoms with Crippen molar-refractivity contribution in [2.75, 3.05) is 18.0 Å². The smallest absolute Gasteiger partial charge is 0.124 e. The molecule has 0 unspecified atom stereocenters. The highest BCUT2D eigenvalue weighted by atomic mass is 32.1. The highest BCUT2D eigenvalue weighted by Crippen LogP contribution is 2.21. The van der Waals surface area contributed by atoms with Crippen LogP contribution in [0, 0.1) is 5.82 Å². The summed E-state index contributed by atoms with van der Waals surface area (Å²) in [4.78, 5) is 2.32. The van der Waals surface area contributed by atoms with E-state index in [1.807, 2.05) is 13.8 Å². The zero-order valence-electron chi connectivity index (χ0n) is 8.96. The van der Waals surface area contributed by atoms with Crippen LogP contribution in [0.5, 0.6) is 0 Å². The Morgan fingerprint density at radius 2 is 2.00 bits per heavy atom. The number of nitrogens with zero attached hydrogens (tertiary/aromatic N) is 1. The lowest BCUT2D eigenvalue weighted by Crippen LogP contribution is -2.25. The summed E-state index contributed by atoms with van der Waals surface area (Å²) in [6.45, 7) is 5.77. The average Bonchev–Trinajstić information content (AvgIpc) is 2.21. The summed E-state index contributed by atoms with van der Waals surface area (Å²) in [6, 6.07) is 4.53. The number of thiocarbonyl (C=S) groups is 1. The fourth-order valence-corrected chi connectivity index (χ4v) is 1.71. The molecule has 0 aliphatic carbocycles. The molecular weight excluding hydrogens is 211 g/mol. The van der Waals surface area contributed by atoms with Gasteiger partial charge in [-0.3, -0.25) is 0 Å². The van der Waals surface area contributed by atoms with Gasteiger partial charge in [0.25, 0.3) is 0 Å². The van der Waals surface area contributed by atoms with Crippen LogP contribution in [0.15, 0.2) is 18.2 Å². The van der Waals surface area contributed by atoms with Gasteiger partial charge in [-0.1, -0.05) is 12.2 Å². The maximum absolute atomic E-state index is 13.0. The summed E-state index contributed by atoms with van der Waals surface area (Å²) in [6.07, 6.45) is 0. The molecule has 0 saturated carbocycles. The van der Waals surface area contributed by atoms with Crippen LogP contribution >= 0.6 is 12.2 Å². The van der Waals surface area contributed by atoms with Crippen molar-refractivity contribution in [2.24, 2.45) is 5.73 Å². The largest absolute Gasteiger partial charge is 0.389 e. The van der Waals surface area contributed by atoms with Crippen LogP contribution in [0.4, 0.5) is 10.1 Å². The molecule has 1 aromatic carbocycles. The monoisotopic (exact) mass is 226 g/mol. The van der Waals surface area contributed by atoms with Gasteiger partial charge in [-0.05, 0) is 32.0 Å². The van der Waals surface area contributed by atoms with Crippen LogP contribution in [0.1, 0.15) is 19.4 Å². The normalized spacial score (nSPS) is 10.1. The fraction of sp³-hybridized carbons (Fsp3) is 0.364. The molecule has 4 heteroatoms. The minimum absolute atomic E-state index is 0.233. The van der Waals surface area contributed by atoms with Crippen molar-refractivity contribution >= 4 is 22.9 Å². The van der Waals surface area contributed by atoms with Gasteiger partial charge in [0, 0.05) is 24.3 Å². The summed E-state index contributed by atoms with van der Waals surface area (Å²) in [7, 11) is 0. The molecule has 0 spiro atoms. The van der Waals surface area contributed by atoms with Gasteiger partial charge in [0.2, 0.25) is 0 Å². The zero-order chi connectivity index (χ0) is 11.4. The van der Waals surface area contributed by atoms with Crippen molar-refractivity contribution < 1.29 is 4.39 Å². The highest BCUT2D eigenvalue weighted by molar-refractivity contribution is 7.80. The van der Waals surface area contributed by atoms with E-state index in [4.69, 9.17) is 18.0 Å². The van der Waals surface area contributed by atoms with E-state index in [2.05, 4.69) is 4.90 Å². The van der Waals surface area contributed by atoms with Gasteiger partial charge in [-0.15, -0.1) is 0 Å². The Hall–Kier alpha value is -1.16. The SMILES string of the molecule is CCN(CC)c1ccc(F)cc1C(N)=S. The fourth-order valence-electron chi connectivity index (χ4n) is 1.55. The van der Waals surface area contributed by atoms with Gasteiger partial charge in [-0.25, -0.2) is 4.39 Å². The standard InChI is InChI=1S/C11H15FN2S/c1-3-14(4-2)10-6-5-8(12)7-9(10)11(13)15/h5-7H,3-4H2,1-2H3,(H2,13,15). The average molecular weight is 226 g/mol. The van der Waals surface area contributed by atoms with Crippen LogP contribution in [0.3, 0.4) is 0 Å². The summed E-state index contributed by atoms with van der Waals surface area (Å²) in [5, 5.41) is 0. The Kier molecular flexibility index (Phi) is 4.03. The summed E-state index contributed by atoms with van der Waals surface area (Å²) in [5.74, 6) is -0.311. The minimum atomic E-state index is -0.311. The number of rotatable bonds is 4. The van der Waals surface area contributed by atoms with Gasteiger partial charge in [0.15, 0.2) is 0 Å². The van der Waals surface area contributed by atoms with Gasteiger partial charge in [0.05, 0.1) is 0 Å². The second-order valence-corrected chi connectivity index (χ2v) is 3.64. The molecular formula is C11H15FN2S. The first-order valence-electron chi connectivity index (χ1n) is 4.94. The van der Waals surface area contributed by atoms with E-state index in [9.17, 15) is 4.39 Å². The summed E-state index contributed by atoms with van der Waals surface area (Å²) in [5.41, 5.74) is 7.07. The van der Waals surface area contributed by atoms with Gasteiger partial charge in [0.1, 0.15) is 10.8 Å². The molecule has 0 fully saturated rings. The van der Waals surface area contributed by atoms with E-state index in [0.717, 1.165) is 18.8 Å². The van der Waals surface area contributed by atoms with Crippen LogP contribution in [0.25, 0.3) is 0 Å². The molecule has 2 nitrogen and oxygen atoms in total. The molecule has 15 heavy (non-hydrogen) atoms. The molecule has 0 amide bonds. The third-order valence-corrected chi connectivity index (χ3v) is 2.55. The Labute approximate surface area is 94.9 Å². The quantitative estimate of drug-likeness (QED) is 0.799. The molecule has 0 saturated heterocycles. The maximum Gasteiger partial charge on any atom is 0.124 e. The lowest BCUT2D eigenvalue weighted by molar-refractivity contribution is 0.627. The lowest BCUT2D eigenvalue weighted by Gasteiger charge is -2.23. The highest BCUT2D eigenvalue weighted by Gasteiger charge is 2.11. The molecule has 0 heterocycles. The van der Waals surface area contributed by atoms with Gasteiger partial charge >= 0.3 is 0 Å². The van der Waals surface area contributed by atoms with Crippen LogP contribution in [-0.4, -0.2) is 18.1 Å². The molecule has 82 valence electrons. The van der Waals surface area contributed by atoms with Gasteiger partial charge in [-0.2, -0.15) is 0 Å². The number of benzene rings is 1. The lowest BCUT2D eigenvalue weighted by atomic mass is 10.1. The summed E-state index contributed by atoms with van der Waals surface area (Å²) < 4.78 is 13.0. The molecule has 2 N–H and O–H groups in total. The predicted molar refractivity (Wildman–Crippen MR) is 65.8 cm³/mol. The van der Waals surface area contributed by atoms with E-state index >= 15 is 0 Å². The molecule has 0 aromatic heterocycles. The van der Waals surface area contributed by atoms with Crippen molar-refractivity contribution in [1.82, 2.24) is 0 Å². The van der Waals surface area contributed by atoms with Crippen molar-refractivity contribution in [2.45, 2.75) is 13.8 Å². The molecule has 1 aromatic rings. The molecule has 1 rings (SSSR count). The van der Waals surface area contributed by atoms with E-state index in [0.29, 0.717) is 5.56 Å². The predicted octanol–water partition coefficient (Wildman–Crippen LogP) is 2.31. The number of nitrogens with two attached hydrogens (primary N) is 1. The zero-order valence-corrected chi connectivity index (χ0v) is 9.77. The first kappa shape index (κ1) is 11.9. The third-order valence-electron chi connectivity index (χ3n) is 2.33. The second-order valence-electron chi connectivity index (χ2n) is 3.20. The van der Waals surface area contributed by atoms with Crippen LogP contribution in [-0.2, 0) is 0 Å². The Bertz CT molecular complexity index is 362. The maximum atomic E-state index is 13.0. The van der Waals surface area contributed by atoms with E-state index < -0.39 is 0 Å². The molecule has 0 aliphatic rings. The second kappa shape index (κ2) is 5.07. The topological polar surface area (TPSA) is 29.3 Å². The number of anilines is 1. The van der Waals surface area contributed by atoms with Crippen LogP contribution in [0.2, 0.25) is 0 Å². The Morgan fingerprint density at radius 3 is 2.47 bits per heavy atom. The molecule has 0 bridgehead atoms. The van der Waals surface area contributed by atoms with Crippen molar-refractivity contribution in [1.29, 1.82) is 0 Å². The molecule has 0 radical (unpaired) electrons. The first-order valence-corrected chi connectivity index (χ1v) is 5.35.